The third-order valence-electron chi connectivity index (χ3n) is 3.17. The number of carbonyl (C=O) groups excluding carboxylic acids is 1. The second-order valence-corrected chi connectivity index (χ2v) is 4.39. The molecule has 4 nitrogen and oxygen atoms in total. The summed E-state index contributed by atoms with van der Waals surface area (Å²) < 4.78 is 5.44. The Hall–Kier alpha value is -1.06. The summed E-state index contributed by atoms with van der Waals surface area (Å²) in [7, 11) is 0. The van der Waals surface area contributed by atoms with Crippen molar-refractivity contribution in [2.75, 3.05) is 6.61 Å². The van der Waals surface area contributed by atoms with Gasteiger partial charge < -0.3 is 4.74 Å². The van der Waals surface area contributed by atoms with Crippen molar-refractivity contribution in [1.29, 1.82) is 0 Å². The van der Waals surface area contributed by atoms with Crippen molar-refractivity contribution in [3.8, 4) is 0 Å². The van der Waals surface area contributed by atoms with E-state index in [1.165, 1.54) is 19.3 Å². The van der Waals surface area contributed by atoms with Crippen LogP contribution in [0.25, 0.3) is 0 Å². The molecule has 1 aliphatic heterocycles. The lowest BCUT2D eigenvalue weighted by Crippen LogP contribution is -2.30. The average molecular weight is 210 g/mol. The summed E-state index contributed by atoms with van der Waals surface area (Å²) in [5, 5.41) is 2.69. The van der Waals surface area contributed by atoms with Gasteiger partial charge in [-0.05, 0) is 12.8 Å². The number of aliphatic imine (C=N–C) groups is 1. The van der Waals surface area contributed by atoms with Gasteiger partial charge in [0.15, 0.2) is 0 Å². The van der Waals surface area contributed by atoms with Gasteiger partial charge in [-0.1, -0.05) is 26.2 Å². The van der Waals surface area contributed by atoms with Gasteiger partial charge in [0.25, 0.3) is 6.02 Å². The Bertz CT molecular complexity index is 280. The fraction of sp³-hybridized carbons (Fsp3) is 0.818. The van der Waals surface area contributed by atoms with Crippen LogP contribution in [0.1, 0.15) is 45.4 Å². The molecule has 1 aliphatic carbocycles. The van der Waals surface area contributed by atoms with Gasteiger partial charge in [0.2, 0.25) is 5.91 Å². The fourth-order valence-corrected chi connectivity index (χ4v) is 2.22. The highest BCUT2D eigenvalue weighted by atomic mass is 16.5. The van der Waals surface area contributed by atoms with E-state index in [0.29, 0.717) is 19.0 Å². The number of amidine groups is 1. The molecule has 84 valence electrons. The van der Waals surface area contributed by atoms with E-state index in [-0.39, 0.29) is 11.4 Å². The van der Waals surface area contributed by atoms with Crippen LogP contribution in [0.3, 0.4) is 0 Å². The van der Waals surface area contributed by atoms with Gasteiger partial charge in [0.1, 0.15) is 12.1 Å². The van der Waals surface area contributed by atoms with Gasteiger partial charge in [-0.25, -0.2) is 4.99 Å². The summed E-state index contributed by atoms with van der Waals surface area (Å²) in [6.07, 6.45) is 6.41. The third-order valence-corrected chi connectivity index (χ3v) is 3.17. The number of ether oxygens (including phenoxy) is 1. The number of rotatable bonds is 1. The Labute approximate surface area is 90.1 Å². The lowest BCUT2D eigenvalue weighted by Gasteiger charge is -2.27. The van der Waals surface area contributed by atoms with Gasteiger partial charge in [0.05, 0.1) is 0 Å². The Morgan fingerprint density at radius 3 is 2.87 bits per heavy atom. The Kier molecular flexibility index (Phi) is 2.93. The zero-order valence-electron chi connectivity index (χ0n) is 9.21. The van der Waals surface area contributed by atoms with Crippen molar-refractivity contribution in [2.45, 2.75) is 51.0 Å². The number of nitrogens with one attached hydrogen (secondary N) is 1. The molecule has 4 heteroatoms. The molecule has 0 aromatic heterocycles. The standard InChI is InChI=1S/C11H18N2O2/c1-2-9(14)12-10-13-11(8-15-10)6-4-3-5-7-11/h2-8H2,1H3,(H,12,13,14). The lowest BCUT2D eigenvalue weighted by molar-refractivity contribution is -0.119. The first-order valence-electron chi connectivity index (χ1n) is 5.77. The quantitative estimate of drug-likeness (QED) is 0.714. The largest absolute Gasteiger partial charge is 0.462 e. The van der Waals surface area contributed by atoms with Gasteiger partial charge in [-0.3, -0.25) is 10.1 Å². The molecule has 0 unspecified atom stereocenters. The summed E-state index contributed by atoms with van der Waals surface area (Å²) in [5.41, 5.74) is -0.0192. The topological polar surface area (TPSA) is 50.7 Å². The van der Waals surface area contributed by atoms with E-state index in [1.807, 2.05) is 6.92 Å². The van der Waals surface area contributed by atoms with Crippen LogP contribution < -0.4 is 5.32 Å². The molecule has 0 aromatic carbocycles. The van der Waals surface area contributed by atoms with E-state index in [0.717, 1.165) is 12.8 Å². The Balaban J connectivity index is 1.98. The summed E-state index contributed by atoms with van der Waals surface area (Å²) in [5.74, 6) is -0.0263. The number of hydrogen-bond donors (Lipinski definition) is 1. The van der Waals surface area contributed by atoms with Crippen LogP contribution in [0.4, 0.5) is 0 Å². The zero-order valence-corrected chi connectivity index (χ0v) is 9.21. The minimum atomic E-state index is -0.0263. The van der Waals surface area contributed by atoms with Gasteiger partial charge >= 0.3 is 0 Å². The smallest absolute Gasteiger partial charge is 0.292 e. The molecule has 0 atom stereocenters. The van der Waals surface area contributed by atoms with E-state index in [1.54, 1.807) is 0 Å². The fourth-order valence-electron chi connectivity index (χ4n) is 2.22. The van der Waals surface area contributed by atoms with Crippen molar-refractivity contribution in [2.24, 2.45) is 4.99 Å². The summed E-state index contributed by atoms with van der Waals surface area (Å²) in [4.78, 5) is 15.7. The van der Waals surface area contributed by atoms with Crippen LogP contribution in [0.2, 0.25) is 0 Å². The normalized spacial score (nSPS) is 23.4. The number of nitrogens with zero attached hydrogens (tertiary/aromatic N) is 1. The van der Waals surface area contributed by atoms with Crippen LogP contribution in [-0.2, 0) is 9.53 Å². The molecule has 1 fully saturated rings. The highest BCUT2D eigenvalue weighted by molar-refractivity contribution is 5.94. The summed E-state index contributed by atoms with van der Waals surface area (Å²) >= 11 is 0. The third kappa shape index (κ3) is 2.30. The van der Waals surface area contributed by atoms with E-state index >= 15 is 0 Å². The van der Waals surface area contributed by atoms with Crippen LogP contribution in [-0.4, -0.2) is 24.1 Å². The molecule has 1 spiro atoms. The number of hydrogen-bond acceptors (Lipinski definition) is 3. The van der Waals surface area contributed by atoms with E-state index in [2.05, 4.69) is 10.3 Å². The van der Waals surface area contributed by atoms with Crippen molar-refractivity contribution in [1.82, 2.24) is 5.32 Å². The molecule has 2 aliphatic rings. The summed E-state index contributed by atoms with van der Waals surface area (Å²) in [6, 6.07) is 0.434. The van der Waals surface area contributed by atoms with E-state index in [9.17, 15) is 4.79 Å². The lowest BCUT2D eigenvalue weighted by atomic mass is 9.83. The van der Waals surface area contributed by atoms with Gasteiger partial charge in [0, 0.05) is 6.42 Å². The monoisotopic (exact) mass is 210 g/mol. The van der Waals surface area contributed by atoms with E-state index < -0.39 is 0 Å². The molecule has 15 heavy (non-hydrogen) atoms. The second-order valence-electron chi connectivity index (χ2n) is 4.39. The van der Waals surface area contributed by atoms with Crippen molar-refractivity contribution < 1.29 is 9.53 Å². The molecule has 2 rings (SSSR count). The van der Waals surface area contributed by atoms with Crippen molar-refractivity contribution in [3.63, 3.8) is 0 Å². The highest BCUT2D eigenvalue weighted by Crippen LogP contribution is 2.34. The predicted molar refractivity (Wildman–Crippen MR) is 57.6 cm³/mol. The maximum Gasteiger partial charge on any atom is 0.292 e. The molecule has 0 radical (unpaired) electrons. The van der Waals surface area contributed by atoms with E-state index in [4.69, 9.17) is 4.74 Å². The van der Waals surface area contributed by atoms with Crippen molar-refractivity contribution >= 4 is 11.9 Å². The molecule has 0 aromatic rings. The van der Waals surface area contributed by atoms with Crippen LogP contribution in [0.15, 0.2) is 4.99 Å². The van der Waals surface area contributed by atoms with Gasteiger partial charge in [-0.15, -0.1) is 0 Å². The maximum atomic E-state index is 11.2. The molecule has 0 saturated heterocycles. The highest BCUT2D eigenvalue weighted by Gasteiger charge is 2.38. The maximum absolute atomic E-state index is 11.2. The SMILES string of the molecule is CCC(=O)NC1=NC2(CCCCC2)CO1. The summed E-state index contributed by atoms with van der Waals surface area (Å²) in [6.45, 7) is 2.47. The first kappa shape index (κ1) is 10.5. The van der Waals surface area contributed by atoms with Crippen LogP contribution in [0, 0.1) is 0 Å². The molecule has 1 amide bonds. The molecular weight excluding hydrogens is 192 g/mol. The Morgan fingerprint density at radius 2 is 2.20 bits per heavy atom. The Morgan fingerprint density at radius 1 is 1.47 bits per heavy atom. The first-order chi connectivity index (χ1) is 7.24. The van der Waals surface area contributed by atoms with Crippen molar-refractivity contribution in [3.05, 3.63) is 0 Å². The van der Waals surface area contributed by atoms with Crippen LogP contribution in [0.5, 0.6) is 0 Å². The minimum absolute atomic E-state index is 0.0192. The number of amides is 1. The molecule has 1 saturated carbocycles. The van der Waals surface area contributed by atoms with Crippen LogP contribution >= 0.6 is 0 Å². The number of carbonyl (C=O) groups is 1. The predicted octanol–water partition coefficient (Wildman–Crippen LogP) is 1.60. The molecular formula is C11H18N2O2. The zero-order chi connectivity index (χ0) is 10.7. The molecule has 1 N–H and O–H groups in total. The average Bonchev–Trinajstić information content (AvgIpc) is 2.62. The van der Waals surface area contributed by atoms with Gasteiger partial charge in [-0.2, -0.15) is 0 Å². The first-order valence-corrected chi connectivity index (χ1v) is 5.77. The molecule has 0 bridgehead atoms. The molecule has 1 heterocycles. The second kappa shape index (κ2) is 4.21. The minimum Gasteiger partial charge on any atom is -0.462 e.